The van der Waals surface area contributed by atoms with E-state index in [2.05, 4.69) is 5.92 Å². The monoisotopic (exact) mass is 390 g/mol. The Kier molecular flexibility index (Phi) is 5.13. The maximum atomic E-state index is 13.1. The summed E-state index contributed by atoms with van der Waals surface area (Å²) in [6.07, 6.45) is 5.66. The molecular weight excluding hydrogens is 368 g/mol. The van der Waals surface area contributed by atoms with Gasteiger partial charge in [0.15, 0.2) is 11.5 Å². The fraction of sp³-hybridized carbons (Fsp3) is 0.304. The second-order valence-electron chi connectivity index (χ2n) is 7.33. The molecule has 0 saturated carbocycles. The maximum absolute atomic E-state index is 13.1. The molecule has 29 heavy (non-hydrogen) atoms. The first kappa shape index (κ1) is 18.9. The molecule has 6 heteroatoms. The highest BCUT2D eigenvalue weighted by Crippen LogP contribution is 2.37. The highest BCUT2D eigenvalue weighted by Gasteiger charge is 2.37. The van der Waals surface area contributed by atoms with Crippen molar-refractivity contribution in [1.29, 1.82) is 0 Å². The van der Waals surface area contributed by atoms with Gasteiger partial charge in [-0.2, -0.15) is 0 Å². The Morgan fingerprint density at radius 3 is 2.72 bits per heavy atom. The predicted molar refractivity (Wildman–Crippen MR) is 108 cm³/mol. The van der Waals surface area contributed by atoms with Crippen LogP contribution >= 0.6 is 0 Å². The highest BCUT2D eigenvalue weighted by atomic mass is 16.7. The van der Waals surface area contributed by atoms with Crippen molar-refractivity contribution < 1.29 is 19.1 Å². The standard InChI is InChI=1S/C23H22N2O4/c1-3-10-24(13-17-6-4-16(2)5-7-17)23(27)18-11-22(26)25(14-18)19-8-9-20-21(12-19)29-15-28-20/h1,4-9,12,18H,10-11,13-15H2,2H3. The van der Waals surface area contributed by atoms with Crippen LogP contribution in [0.5, 0.6) is 11.5 Å². The van der Waals surface area contributed by atoms with E-state index in [4.69, 9.17) is 15.9 Å². The Labute approximate surface area is 170 Å². The lowest BCUT2D eigenvalue weighted by Crippen LogP contribution is -2.37. The summed E-state index contributed by atoms with van der Waals surface area (Å²) in [5.74, 6) is 3.22. The van der Waals surface area contributed by atoms with Crippen LogP contribution in [0.15, 0.2) is 42.5 Å². The molecular formula is C23H22N2O4. The summed E-state index contributed by atoms with van der Waals surface area (Å²) in [5, 5.41) is 0. The number of anilines is 1. The van der Waals surface area contributed by atoms with Gasteiger partial charge in [-0.25, -0.2) is 0 Å². The molecule has 2 aromatic carbocycles. The quantitative estimate of drug-likeness (QED) is 0.737. The Bertz CT molecular complexity index is 977. The summed E-state index contributed by atoms with van der Waals surface area (Å²) < 4.78 is 10.7. The summed E-state index contributed by atoms with van der Waals surface area (Å²) in [5.41, 5.74) is 2.87. The van der Waals surface area contributed by atoms with Crippen LogP contribution in [0.25, 0.3) is 0 Å². The van der Waals surface area contributed by atoms with Gasteiger partial charge in [0.2, 0.25) is 18.6 Å². The molecule has 1 fully saturated rings. The van der Waals surface area contributed by atoms with E-state index in [0.717, 1.165) is 11.1 Å². The molecule has 0 aromatic heterocycles. The number of terminal acetylenes is 1. The zero-order valence-corrected chi connectivity index (χ0v) is 16.3. The molecule has 2 heterocycles. The molecule has 2 amide bonds. The highest BCUT2D eigenvalue weighted by molar-refractivity contribution is 6.00. The molecule has 0 radical (unpaired) electrons. The summed E-state index contributed by atoms with van der Waals surface area (Å²) in [6, 6.07) is 13.4. The first-order valence-electron chi connectivity index (χ1n) is 9.53. The van der Waals surface area contributed by atoms with Crippen molar-refractivity contribution in [3.63, 3.8) is 0 Å². The van der Waals surface area contributed by atoms with Crippen molar-refractivity contribution in [2.75, 3.05) is 24.8 Å². The summed E-state index contributed by atoms with van der Waals surface area (Å²) in [6.45, 7) is 3.16. The molecule has 2 aromatic rings. The van der Waals surface area contributed by atoms with Crippen molar-refractivity contribution in [2.45, 2.75) is 19.9 Å². The topological polar surface area (TPSA) is 59.1 Å². The van der Waals surface area contributed by atoms with E-state index in [9.17, 15) is 9.59 Å². The third kappa shape index (κ3) is 3.90. The molecule has 1 atom stereocenters. The molecule has 0 aliphatic carbocycles. The van der Waals surface area contributed by atoms with Gasteiger partial charge < -0.3 is 19.3 Å². The van der Waals surface area contributed by atoms with E-state index < -0.39 is 5.92 Å². The molecule has 1 unspecified atom stereocenters. The van der Waals surface area contributed by atoms with Crippen LogP contribution in [0.2, 0.25) is 0 Å². The van der Waals surface area contributed by atoms with Crippen molar-refractivity contribution >= 4 is 17.5 Å². The number of hydrogen-bond donors (Lipinski definition) is 0. The SMILES string of the molecule is C#CCN(Cc1ccc(C)cc1)C(=O)C1CC(=O)N(c2ccc3c(c2)OCO3)C1. The van der Waals surface area contributed by atoms with E-state index >= 15 is 0 Å². The second kappa shape index (κ2) is 7.88. The number of amides is 2. The fourth-order valence-electron chi connectivity index (χ4n) is 3.67. The third-order valence-corrected chi connectivity index (χ3v) is 5.23. The number of benzene rings is 2. The number of aryl methyl sites for hydroxylation is 1. The van der Waals surface area contributed by atoms with Crippen molar-refractivity contribution in [2.24, 2.45) is 5.92 Å². The number of ether oxygens (including phenoxy) is 2. The van der Waals surface area contributed by atoms with Crippen LogP contribution in [0.3, 0.4) is 0 Å². The number of rotatable bonds is 5. The number of hydrogen-bond acceptors (Lipinski definition) is 4. The normalized spacial score (nSPS) is 17.3. The lowest BCUT2D eigenvalue weighted by Gasteiger charge is -2.24. The van der Waals surface area contributed by atoms with Gasteiger partial charge in [-0.3, -0.25) is 9.59 Å². The maximum Gasteiger partial charge on any atom is 0.231 e. The van der Waals surface area contributed by atoms with Crippen LogP contribution in [0.1, 0.15) is 17.5 Å². The Morgan fingerprint density at radius 1 is 1.21 bits per heavy atom. The van der Waals surface area contributed by atoms with Gasteiger partial charge >= 0.3 is 0 Å². The van der Waals surface area contributed by atoms with E-state index in [0.29, 0.717) is 30.3 Å². The minimum absolute atomic E-state index is 0.0850. The fourth-order valence-corrected chi connectivity index (χ4v) is 3.67. The smallest absolute Gasteiger partial charge is 0.231 e. The van der Waals surface area contributed by atoms with E-state index in [1.165, 1.54) is 0 Å². The molecule has 148 valence electrons. The van der Waals surface area contributed by atoms with Gasteiger partial charge in [0.1, 0.15) is 0 Å². The van der Waals surface area contributed by atoms with Gasteiger partial charge in [-0.05, 0) is 24.6 Å². The number of fused-ring (bicyclic) bond motifs is 1. The number of carbonyl (C=O) groups excluding carboxylic acids is 2. The number of nitrogens with zero attached hydrogens (tertiary/aromatic N) is 2. The number of carbonyl (C=O) groups is 2. The minimum Gasteiger partial charge on any atom is -0.454 e. The van der Waals surface area contributed by atoms with Crippen molar-refractivity contribution in [3.05, 3.63) is 53.6 Å². The van der Waals surface area contributed by atoms with Gasteiger partial charge in [-0.15, -0.1) is 6.42 Å². The minimum atomic E-state index is -0.424. The van der Waals surface area contributed by atoms with Crippen LogP contribution in [-0.4, -0.2) is 36.6 Å². The van der Waals surface area contributed by atoms with Crippen LogP contribution in [0, 0.1) is 25.2 Å². The van der Waals surface area contributed by atoms with Gasteiger partial charge in [0, 0.05) is 31.3 Å². The Hall–Kier alpha value is -3.46. The van der Waals surface area contributed by atoms with Crippen LogP contribution in [0.4, 0.5) is 5.69 Å². The van der Waals surface area contributed by atoms with Gasteiger partial charge in [-0.1, -0.05) is 35.7 Å². The van der Waals surface area contributed by atoms with Crippen LogP contribution < -0.4 is 14.4 Å². The first-order valence-corrected chi connectivity index (χ1v) is 9.53. The summed E-state index contributed by atoms with van der Waals surface area (Å²) in [4.78, 5) is 29.0. The molecule has 4 rings (SSSR count). The van der Waals surface area contributed by atoms with Crippen LogP contribution in [-0.2, 0) is 16.1 Å². The Morgan fingerprint density at radius 2 is 1.97 bits per heavy atom. The van der Waals surface area contributed by atoms with E-state index in [1.807, 2.05) is 37.3 Å². The molecule has 2 aliphatic rings. The lowest BCUT2D eigenvalue weighted by atomic mass is 10.1. The van der Waals surface area contributed by atoms with E-state index in [-0.39, 0.29) is 31.6 Å². The first-order chi connectivity index (χ1) is 14.0. The lowest BCUT2D eigenvalue weighted by molar-refractivity contribution is -0.135. The summed E-state index contributed by atoms with van der Waals surface area (Å²) in [7, 11) is 0. The largest absolute Gasteiger partial charge is 0.454 e. The third-order valence-electron chi connectivity index (χ3n) is 5.23. The molecule has 0 bridgehead atoms. The van der Waals surface area contributed by atoms with Gasteiger partial charge in [0.05, 0.1) is 12.5 Å². The Balaban J connectivity index is 1.48. The average molecular weight is 390 g/mol. The average Bonchev–Trinajstić information content (AvgIpc) is 3.34. The molecule has 0 N–H and O–H groups in total. The van der Waals surface area contributed by atoms with Gasteiger partial charge in [0.25, 0.3) is 0 Å². The predicted octanol–water partition coefficient (Wildman–Crippen LogP) is 2.74. The molecule has 0 spiro atoms. The van der Waals surface area contributed by atoms with Crippen molar-refractivity contribution in [3.8, 4) is 23.8 Å². The van der Waals surface area contributed by atoms with E-state index in [1.54, 1.807) is 21.9 Å². The summed E-state index contributed by atoms with van der Waals surface area (Å²) >= 11 is 0. The zero-order valence-electron chi connectivity index (χ0n) is 16.3. The second-order valence-corrected chi connectivity index (χ2v) is 7.33. The molecule has 2 aliphatic heterocycles. The molecule has 6 nitrogen and oxygen atoms in total. The zero-order chi connectivity index (χ0) is 20.4. The van der Waals surface area contributed by atoms with Crippen molar-refractivity contribution in [1.82, 2.24) is 4.90 Å². The molecule has 1 saturated heterocycles.